The van der Waals surface area contributed by atoms with Crippen LogP contribution in [-0.4, -0.2) is 45.1 Å². The second-order valence-electron chi connectivity index (χ2n) is 8.46. The van der Waals surface area contributed by atoms with Gasteiger partial charge < -0.3 is 9.84 Å². The molecule has 1 N–H and O–H groups in total. The van der Waals surface area contributed by atoms with Gasteiger partial charge in [0.05, 0.1) is 6.04 Å². The third-order valence-electron chi connectivity index (χ3n) is 6.28. The Kier molecular flexibility index (Phi) is 4.14. The Labute approximate surface area is 164 Å². The molecular weight excluding hydrogens is 354 g/mol. The van der Waals surface area contributed by atoms with Crippen LogP contribution in [0.2, 0.25) is 0 Å². The lowest BCUT2D eigenvalue weighted by Crippen LogP contribution is -2.54. The molecule has 0 radical (unpaired) electrons. The van der Waals surface area contributed by atoms with Crippen LogP contribution < -0.4 is 4.74 Å². The summed E-state index contributed by atoms with van der Waals surface area (Å²) < 4.78 is 11.0. The summed E-state index contributed by atoms with van der Waals surface area (Å²) in [7, 11) is 0. The lowest BCUT2D eigenvalue weighted by atomic mass is 9.82. The van der Waals surface area contributed by atoms with Crippen LogP contribution in [0.1, 0.15) is 49.8 Å². The normalized spacial score (nSPS) is 25.4. The molecule has 2 atom stereocenters. The molecule has 2 aliphatic heterocycles. The predicted octanol–water partition coefficient (Wildman–Crippen LogP) is 3.68. The van der Waals surface area contributed by atoms with Crippen molar-refractivity contribution in [2.24, 2.45) is 0 Å². The molecule has 1 fully saturated rings. The van der Waals surface area contributed by atoms with Crippen LogP contribution in [0.3, 0.4) is 0 Å². The Balaban J connectivity index is 1.46. The minimum Gasteiger partial charge on any atom is -0.485 e. The summed E-state index contributed by atoms with van der Waals surface area (Å²) in [5.74, 6) is 1.33. The van der Waals surface area contributed by atoms with Gasteiger partial charge in [-0.2, -0.15) is 0 Å². The maximum atomic E-state index is 11.2. The quantitative estimate of drug-likeness (QED) is 0.732. The van der Waals surface area contributed by atoms with E-state index in [1.54, 1.807) is 0 Å². The zero-order valence-corrected chi connectivity index (χ0v) is 16.2. The van der Waals surface area contributed by atoms with E-state index in [-0.39, 0.29) is 6.04 Å². The van der Waals surface area contributed by atoms with Crippen LogP contribution >= 0.6 is 0 Å². The number of aromatic nitrogens is 2. The number of hydrogen-bond donors (Lipinski definition) is 1. The third kappa shape index (κ3) is 2.88. The van der Waals surface area contributed by atoms with Crippen LogP contribution in [0, 0.1) is 0 Å². The number of benzene rings is 2. The largest absolute Gasteiger partial charge is 0.485 e. The van der Waals surface area contributed by atoms with E-state index in [1.165, 1.54) is 5.56 Å². The van der Waals surface area contributed by atoms with Gasteiger partial charge in [0.1, 0.15) is 28.5 Å². The Bertz CT molecular complexity index is 977. The van der Waals surface area contributed by atoms with E-state index in [1.807, 2.05) is 26.0 Å². The Morgan fingerprint density at radius 1 is 1.04 bits per heavy atom. The molecule has 3 aromatic rings. The van der Waals surface area contributed by atoms with Gasteiger partial charge in [-0.15, -0.1) is 0 Å². The number of aliphatic hydroxyl groups is 1. The molecule has 2 aromatic carbocycles. The van der Waals surface area contributed by atoms with E-state index >= 15 is 0 Å². The Morgan fingerprint density at radius 2 is 1.71 bits per heavy atom. The van der Waals surface area contributed by atoms with Gasteiger partial charge in [-0.05, 0) is 67.6 Å². The van der Waals surface area contributed by atoms with E-state index in [9.17, 15) is 5.11 Å². The molecule has 1 aromatic heterocycles. The fourth-order valence-electron chi connectivity index (χ4n) is 4.67. The lowest BCUT2D eigenvalue weighted by molar-refractivity contribution is -0.0967. The molecule has 146 valence electrons. The SMILES string of the molecule is CC1(C)Oc2cc3nonc3cc2C(N2CCC(c3ccccc3)CC2)C1O. The highest BCUT2D eigenvalue weighted by molar-refractivity contribution is 5.77. The molecule has 0 amide bonds. The number of aliphatic hydroxyl groups excluding tert-OH is 1. The van der Waals surface area contributed by atoms with Crippen LogP contribution in [0.25, 0.3) is 11.0 Å². The molecule has 0 spiro atoms. The maximum absolute atomic E-state index is 11.2. The molecule has 28 heavy (non-hydrogen) atoms. The number of hydrogen-bond acceptors (Lipinski definition) is 6. The van der Waals surface area contributed by atoms with Crippen molar-refractivity contribution in [2.45, 2.75) is 50.4 Å². The second-order valence-corrected chi connectivity index (χ2v) is 8.46. The van der Waals surface area contributed by atoms with E-state index in [2.05, 4.69) is 45.5 Å². The zero-order valence-electron chi connectivity index (χ0n) is 16.2. The highest BCUT2D eigenvalue weighted by atomic mass is 16.6. The van der Waals surface area contributed by atoms with Gasteiger partial charge in [0.2, 0.25) is 0 Å². The number of likely N-dealkylation sites (tertiary alicyclic amines) is 1. The van der Waals surface area contributed by atoms with Crippen LogP contribution in [0.4, 0.5) is 0 Å². The van der Waals surface area contributed by atoms with E-state index in [0.717, 1.165) is 37.2 Å². The molecule has 2 unspecified atom stereocenters. The van der Waals surface area contributed by atoms with Crippen LogP contribution in [-0.2, 0) is 0 Å². The molecule has 0 aliphatic carbocycles. The van der Waals surface area contributed by atoms with Crippen LogP contribution in [0.15, 0.2) is 47.1 Å². The van der Waals surface area contributed by atoms with Gasteiger partial charge in [-0.3, -0.25) is 4.90 Å². The molecule has 6 nitrogen and oxygen atoms in total. The first kappa shape index (κ1) is 17.6. The molecule has 1 saturated heterocycles. The average Bonchev–Trinajstić information content (AvgIpc) is 3.16. The van der Waals surface area contributed by atoms with Gasteiger partial charge >= 0.3 is 0 Å². The number of ether oxygens (including phenoxy) is 1. The highest BCUT2D eigenvalue weighted by Gasteiger charge is 2.46. The lowest BCUT2D eigenvalue weighted by Gasteiger charge is -2.48. The number of piperidine rings is 1. The summed E-state index contributed by atoms with van der Waals surface area (Å²) in [4.78, 5) is 2.40. The third-order valence-corrected chi connectivity index (χ3v) is 6.28. The minimum atomic E-state index is -0.682. The first-order valence-electron chi connectivity index (χ1n) is 9.95. The fraction of sp³-hybridized carbons (Fsp3) is 0.455. The number of nitrogens with zero attached hydrogens (tertiary/aromatic N) is 3. The molecule has 2 aliphatic rings. The van der Waals surface area contributed by atoms with Gasteiger partial charge in [-0.25, -0.2) is 4.63 Å². The first-order chi connectivity index (χ1) is 13.5. The van der Waals surface area contributed by atoms with Gasteiger partial charge in [0.15, 0.2) is 0 Å². The molecular formula is C22H25N3O3. The Morgan fingerprint density at radius 3 is 2.43 bits per heavy atom. The van der Waals surface area contributed by atoms with Crippen molar-refractivity contribution >= 4 is 11.0 Å². The van der Waals surface area contributed by atoms with Crippen molar-refractivity contribution in [3.05, 3.63) is 53.6 Å². The Hall–Kier alpha value is -2.44. The standard InChI is InChI=1S/C22H25N3O3/c1-22(2)21(26)20(16-12-17-18(24-28-23-17)13-19(16)27-22)25-10-8-15(9-11-25)14-6-4-3-5-7-14/h3-7,12-13,15,20-21,26H,8-11H2,1-2H3. The van der Waals surface area contributed by atoms with Gasteiger partial charge in [0, 0.05) is 11.6 Å². The number of rotatable bonds is 2. The molecule has 0 saturated carbocycles. The highest BCUT2D eigenvalue weighted by Crippen LogP contribution is 2.45. The van der Waals surface area contributed by atoms with Crippen molar-refractivity contribution in [1.29, 1.82) is 0 Å². The van der Waals surface area contributed by atoms with E-state index in [4.69, 9.17) is 9.37 Å². The summed E-state index contributed by atoms with van der Waals surface area (Å²) in [6.07, 6.45) is 1.53. The van der Waals surface area contributed by atoms with Gasteiger partial charge in [-0.1, -0.05) is 30.3 Å². The summed E-state index contributed by atoms with van der Waals surface area (Å²) in [6, 6.07) is 14.4. The van der Waals surface area contributed by atoms with Crippen molar-refractivity contribution in [1.82, 2.24) is 15.2 Å². The van der Waals surface area contributed by atoms with Crippen molar-refractivity contribution in [3.63, 3.8) is 0 Å². The average molecular weight is 379 g/mol. The molecule has 3 heterocycles. The first-order valence-corrected chi connectivity index (χ1v) is 9.95. The van der Waals surface area contributed by atoms with E-state index < -0.39 is 11.7 Å². The summed E-state index contributed by atoms with van der Waals surface area (Å²) in [6.45, 7) is 5.75. The smallest absolute Gasteiger partial charge is 0.138 e. The molecule has 5 rings (SSSR count). The molecule has 0 bridgehead atoms. The second kappa shape index (κ2) is 6.57. The minimum absolute atomic E-state index is 0.128. The molecule has 6 heteroatoms. The van der Waals surface area contributed by atoms with Crippen molar-refractivity contribution in [2.75, 3.05) is 13.1 Å². The summed E-state index contributed by atoms with van der Waals surface area (Å²) in [5, 5.41) is 19.1. The van der Waals surface area contributed by atoms with Crippen molar-refractivity contribution in [3.8, 4) is 5.75 Å². The van der Waals surface area contributed by atoms with Crippen LogP contribution in [0.5, 0.6) is 5.75 Å². The summed E-state index contributed by atoms with van der Waals surface area (Å²) >= 11 is 0. The number of fused-ring (bicyclic) bond motifs is 2. The topological polar surface area (TPSA) is 71.6 Å². The van der Waals surface area contributed by atoms with Gasteiger partial charge in [0.25, 0.3) is 0 Å². The zero-order chi connectivity index (χ0) is 19.3. The van der Waals surface area contributed by atoms with E-state index in [0.29, 0.717) is 17.0 Å². The maximum Gasteiger partial charge on any atom is 0.138 e. The van der Waals surface area contributed by atoms with Crippen molar-refractivity contribution < 1.29 is 14.5 Å². The fourth-order valence-corrected chi connectivity index (χ4v) is 4.67. The summed E-state index contributed by atoms with van der Waals surface area (Å²) in [5.41, 5.74) is 3.06. The monoisotopic (exact) mass is 379 g/mol. The predicted molar refractivity (Wildman–Crippen MR) is 105 cm³/mol.